The van der Waals surface area contributed by atoms with E-state index in [0.29, 0.717) is 11.3 Å². The van der Waals surface area contributed by atoms with Gasteiger partial charge >= 0.3 is 0 Å². The molecular formula is C15H15FN2O. The van der Waals surface area contributed by atoms with Crippen LogP contribution in [0.4, 0.5) is 15.8 Å². The van der Waals surface area contributed by atoms with Crippen molar-refractivity contribution in [2.24, 2.45) is 0 Å². The maximum atomic E-state index is 13.1. The fourth-order valence-corrected chi connectivity index (χ4v) is 1.89. The minimum Gasteiger partial charge on any atom is -0.397 e. The third-order valence-corrected chi connectivity index (χ3v) is 2.89. The molecule has 2 aromatic rings. The van der Waals surface area contributed by atoms with Gasteiger partial charge in [0.2, 0.25) is 0 Å². The van der Waals surface area contributed by atoms with Gasteiger partial charge in [-0.2, -0.15) is 0 Å². The first-order valence-electron chi connectivity index (χ1n) is 5.91. The zero-order chi connectivity index (χ0) is 14.0. The van der Waals surface area contributed by atoms with Gasteiger partial charge in [0.15, 0.2) is 0 Å². The fraction of sp³-hybridized carbons (Fsp3) is 0.133. The Morgan fingerprint density at radius 2 is 1.89 bits per heavy atom. The summed E-state index contributed by atoms with van der Waals surface area (Å²) in [7, 11) is 0. The number of hydrogen-bond donors (Lipinski definition) is 2. The zero-order valence-corrected chi connectivity index (χ0v) is 10.8. The molecule has 3 N–H and O–H groups in total. The summed E-state index contributed by atoms with van der Waals surface area (Å²) in [5, 5.41) is 2.62. The molecule has 19 heavy (non-hydrogen) atoms. The molecule has 0 fully saturated rings. The Morgan fingerprint density at radius 3 is 2.58 bits per heavy atom. The summed E-state index contributed by atoms with van der Waals surface area (Å²) in [6.07, 6.45) is 0. The van der Waals surface area contributed by atoms with E-state index in [2.05, 4.69) is 5.32 Å². The van der Waals surface area contributed by atoms with Gasteiger partial charge in [0.05, 0.1) is 11.4 Å². The number of amides is 1. The second-order valence-corrected chi connectivity index (χ2v) is 4.50. The molecule has 0 spiro atoms. The molecule has 0 unspecified atom stereocenters. The van der Waals surface area contributed by atoms with E-state index in [9.17, 15) is 9.18 Å². The molecule has 0 atom stereocenters. The van der Waals surface area contributed by atoms with Crippen molar-refractivity contribution in [3.8, 4) is 0 Å². The van der Waals surface area contributed by atoms with Crippen molar-refractivity contribution < 1.29 is 9.18 Å². The smallest absolute Gasteiger partial charge is 0.255 e. The molecule has 0 aliphatic carbocycles. The van der Waals surface area contributed by atoms with E-state index < -0.39 is 5.82 Å². The Hall–Kier alpha value is -2.36. The Bertz CT molecular complexity index is 638. The first kappa shape index (κ1) is 13.1. The number of benzene rings is 2. The number of carbonyl (C=O) groups excluding carboxylic acids is 1. The maximum Gasteiger partial charge on any atom is 0.255 e. The van der Waals surface area contributed by atoms with Crippen LogP contribution in [0.5, 0.6) is 0 Å². The summed E-state index contributed by atoms with van der Waals surface area (Å²) in [4.78, 5) is 12.1. The molecule has 0 saturated carbocycles. The first-order chi connectivity index (χ1) is 8.97. The molecule has 4 heteroatoms. The normalized spacial score (nSPS) is 10.3. The molecule has 0 saturated heterocycles. The number of anilines is 2. The molecule has 0 bridgehead atoms. The monoisotopic (exact) mass is 258 g/mol. The quantitative estimate of drug-likeness (QED) is 0.812. The Kier molecular flexibility index (Phi) is 3.51. The van der Waals surface area contributed by atoms with E-state index in [4.69, 9.17) is 5.73 Å². The average Bonchev–Trinajstić information content (AvgIpc) is 2.33. The molecule has 2 rings (SSSR count). The van der Waals surface area contributed by atoms with Crippen LogP contribution in [0.25, 0.3) is 0 Å². The minimum absolute atomic E-state index is 0.282. The summed E-state index contributed by atoms with van der Waals surface area (Å²) >= 11 is 0. The number of hydrogen-bond acceptors (Lipinski definition) is 2. The van der Waals surface area contributed by atoms with Crippen LogP contribution in [-0.2, 0) is 0 Å². The maximum absolute atomic E-state index is 13.1. The van der Waals surface area contributed by atoms with E-state index in [1.165, 1.54) is 18.2 Å². The number of rotatable bonds is 2. The topological polar surface area (TPSA) is 55.1 Å². The predicted molar refractivity (Wildman–Crippen MR) is 74.7 cm³/mol. The van der Waals surface area contributed by atoms with Gasteiger partial charge in [-0.1, -0.05) is 17.7 Å². The summed E-state index contributed by atoms with van der Waals surface area (Å²) in [5.41, 5.74) is 8.81. The van der Waals surface area contributed by atoms with Crippen LogP contribution >= 0.6 is 0 Å². The van der Waals surface area contributed by atoms with Crippen LogP contribution in [-0.4, -0.2) is 5.91 Å². The van der Waals surface area contributed by atoms with Gasteiger partial charge in [-0.05, 0) is 43.7 Å². The van der Waals surface area contributed by atoms with Crippen molar-refractivity contribution in [1.82, 2.24) is 0 Å². The van der Waals surface area contributed by atoms with Crippen LogP contribution in [0.15, 0.2) is 36.4 Å². The molecule has 0 aliphatic rings. The first-order valence-corrected chi connectivity index (χ1v) is 5.91. The second-order valence-electron chi connectivity index (χ2n) is 4.50. The summed E-state index contributed by atoms with van der Waals surface area (Å²) in [6.45, 7) is 3.82. The van der Waals surface area contributed by atoms with Gasteiger partial charge in [-0.15, -0.1) is 0 Å². The van der Waals surface area contributed by atoms with Gasteiger partial charge in [0.25, 0.3) is 5.91 Å². The van der Waals surface area contributed by atoms with Gasteiger partial charge in [0.1, 0.15) is 5.82 Å². The van der Waals surface area contributed by atoms with Crippen molar-refractivity contribution in [1.29, 1.82) is 0 Å². The number of carbonyl (C=O) groups is 1. The van der Waals surface area contributed by atoms with Gasteiger partial charge in [-0.3, -0.25) is 4.79 Å². The highest BCUT2D eigenvalue weighted by molar-refractivity contribution is 6.06. The summed E-state index contributed by atoms with van der Waals surface area (Å²) in [6, 6.07) is 9.40. The molecule has 0 aromatic heterocycles. The molecule has 0 heterocycles. The van der Waals surface area contributed by atoms with Crippen LogP contribution in [0.3, 0.4) is 0 Å². The van der Waals surface area contributed by atoms with Crippen molar-refractivity contribution >= 4 is 17.3 Å². The average molecular weight is 258 g/mol. The number of nitrogens with two attached hydrogens (primary N) is 1. The lowest BCUT2D eigenvalue weighted by Crippen LogP contribution is -2.14. The number of halogens is 1. The van der Waals surface area contributed by atoms with E-state index >= 15 is 0 Å². The lowest BCUT2D eigenvalue weighted by Gasteiger charge is -2.10. The molecular weight excluding hydrogens is 243 g/mol. The van der Waals surface area contributed by atoms with Crippen LogP contribution < -0.4 is 11.1 Å². The summed E-state index contributed by atoms with van der Waals surface area (Å²) in [5.74, 6) is -0.736. The molecule has 0 radical (unpaired) electrons. The van der Waals surface area contributed by atoms with Crippen molar-refractivity contribution in [3.05, 3.63) is 58.9 Å². The van der Waals surface area contributed by atoms with Crippen molar-refractivity contribution in [2.45, 2.75) is 13.8 Å². The minimum atomic E-state index is -0.440. The fourth-order valence-electron chi connectivity index (χ4n) is 1.89. The molecule has 1 amide bonds. The lowest BCUT2D eigenvalue weighted by molar-refractivity contribution is 0.102. The highest BCUT2D eigenvalue weighted by Gasteiger charge is 2.11. The third-order valence-electron chi connectivity index (χ3n) is 2.89. The Balaban J connectivity index is 2.28. The van der Waals surface area contributed by atoms with Gasteiger partial charge in [0, 0.05) is 5.56 Å². The number of nitrogen functional groups attached to an aromatic ring is 1. The Morgan fingerprint density at radius 1 is 1.16 bits per heavy atom. The lowest BCUT2D eigenvalue weighted by atomic mass is 10.1. The predicted octanol–water partition coefficient (Wildman–Crippen LogP) is 3.28. The van der Waals surface area contributed by atoms with Crippen LogP contribution in [0, 0.1) is 19.7 Å². The standard InChI is InChI=1S/C15H15FN2O/c1-9-3-5-12(10(2)7-9)15(19)18-14-8-11(16)4-6-13(14)17/h3-8H,17H2,1-2H3,(H,18,19). The van der Waals surface area contributed by atoms with E-state index in [-0.39, 0.29) is 11.6 Å². The van der Waals surface area contributed by atoms with Crippen LogP contribution in [0.1, 0.15) is 21.5 Å². The largest absolute Gasteiger partial charge is 0.397 e. The molecule has 0 aliphatic heterocycles. The van der Waals surface area contributed by atoms with Gasteiger partial charge < -0.3 is 11.1 Å². The SMILES string of the molecule is Cc1ccc(C(=O)Nc2cc(F)ccc2N)c(C)c1. The highest BCUT2D eigenvalue weighted by Crippen LogP contribution is 2.21. The molecule has 3 nitrogen and oxygen atoms in total. The van der Waals surface area contributed by atoms with E-state index in [1.807, 2.05) is 26.0 Å². The molecule has 2 aromatic carbocycles. The van der Waals surface area contributed by atoms with Crippen molar-refractivity contribution in [2.75, 3.05) is 11.1 Å². The van der Waals surface area contributed by atoms with Gasteiger partial charge in [-0.25, -0.2) is 4.39 Å². The number of aryl methyl sites for hydroxylation is 2. The third kappa shape index (κ3) is 2.91. The zero-order valence-electron chi connectivity index (χ0n) is 10.8. The number of nitrogens with one attached hydrogen (secondary N) is 1. The van der Waals surface area contributed by atoms with Crippen LogP contribution in [0.2, 0.25) is 0 Å². The Labute approximate surface area is 111 Å². The second kappa shape index (κ2) is 5.10. The van der Waals surface area contributed by atoms with E-state index in [0.717, 1.165) is 11.1 Å². The van der Waals surface area contributed by atoms with E-state index in [1.54, 1.807) is 6.07 Å². The van der Waals surface area contributed by atoms with Crippen molar-refractivity contribution in [3.63, 3.8) is 0 Å². The highest BCUT2D eigenvalue weighted by atomic mass is 19.1. The summed E-state index contributed by atoms with van der Waals surface area (Å²) < 4.78 is 13.1. The molecule has 98 valence electrons.